The third-order valence-electron chi connectivity index (χ3n) is 4.09. The smallest absolute Gasteiger partial charge is 0.134 e. The Labute approximate surface area is 125 Å². The monoisotopic (exact) mass is 288 g/mol. The highest BCUT2D eigenvalue weighted by atomic mass is 35.5. The van der Waals surface area contributed by atoms with Crippen molar-refractivity contribution in [3.05, 3.63) is 40.5 Å². The Hall–Kier alpha value is -1.12. The molecular formula is C17H21ClN2. The number of fused-ring (bicyclic) bond motifs is 1. The van der Waals surface area contributed by atoms with Gasteiger partial charge in [0, 0.05) is 17.5 Å². The van der Waals surface area contributed by atoms with E-state index in [-0.39, 0.29) is 0 Å². The molecule has 2 nitrogen and oxygen atoms in total. The van der Waals surface area contributed by atoms with Crippen LogP contribution < -0.4 is 0 Å². The average Bonchev–Trinajstić information content (AvgIpc) is 2.68. The number of aromatic nitrogens is 1. The predicted molar refractivity (Wildman–Crippen MR) is 85.2 cm³/mol. The van der Waals surface area contributed by atoms with Crippen molar-refractivity contribution in [2.45, 2.75) is 39.2 Å². The largest absolute Gasteiger partial charge is 0.299 e. The fourth-order valence-corrected chi connectivity index (χ4v) is 3.15. The zero-order valence-corrected chi connectivity index (χ0v) is 12.8. The first-order valence-corrected chi connectivity index (χ1v) is 7.88. The van der Waals surface area contributed by atoms with Crippen LogP contribution >= 0.6 is 11.6 Å². The van der Waals surface area contributed by atoms with Gasteiger partial charge in [-0.05, 0) is 50.6 Å². The molecule has 0 amide bonds. The van der Waals surface area contributed by atoms with E-state index < -0.39 is 0 Å². The molecule has 2 heterocycles. The second-order valence-electron chi connectivity index (χ2n) is 5.82. The lowest BCUT2D eigenvalue weighted by Crippen LogP contribution is -2.24. The number of hydrogen-bond acceptors (Lipinski definition) is 2. The summed E-state index contributed by atoms with van der Waals surface area (Å²) in [6, 6.07) is 8.57. The third kappa shape index (κ3) is 3.13. The van der Waals surface area contributed by atoms with E-state index >= 15 is 0 Å². The number of pyridine rings is 1. The summed E-state index contributed by atoms with van der Waals surface area (Å²) in [5, 5.41) is 1.84. The Morgan fingerprint density at radius 1 is 1.10 bits per heavy atom. The van der Waals surface area contributed by atoms with Crippen molar-refractivity contribution < 1.29 is 0 Å². The van der Waals surface area contributed by atoms with Gasteiger partial charge >= 0.3 is 0 Å². The fourth-order valence-electron chi connectivity index (χ4n) is 2.94. The zero-order valence-electron chi connectivity index (χ0n) is 12.0. The molecule has 0 spiro atoms. The van der Waals surface area contributed by atoms with Crippen molar-refractivity contribution in [2.75, 3.05) is 13.1 Å². The van der Waals surface area contributed by atoms with Crippen LogP contribution in [0.2, 0.25) is 5.15 Å². The lowest BCUT2D eigenvalue weighted by atomic mass is 10.1. The summed E-state index contributed by atoms with van der Waals surface area (Å²) in [4.78, 5) is 7.07. The SMILES string of the molecule is Cc1ccc2cc(CN3CCCCCC3)c(Cl)nc2c1. The van der Waals surface area contributed by atoms with E-state index in [4.69, 9.17) is 11.6 Å². The molecule has 0 aliphatic carbocycles. The molecule has 1 aromatic carbocycles. The minimum absolute atomic E-state index is 0.660. The van der Waals surface area contributed by atoms with E-state index in [0.29, 0.717) is 5.15 Å². The van der Waals surface area contributed by atoms with Gasteiger partial charge in [0.05, 0.1) is 5.52 Å². The molecule has 3 rings (SSSR count). The van der Waals surface area contributed by atoms with Gasteiger partial charge in [-0.25, -0.2) is 4.98 Å². The molecule has 0 atom stereocenters. The fraction of sp³-hybridized carbons (Fsp3) is 0.471. The van der Waals surface area contributed by atoms with Crippen molar-refractivity contribution in [2.24, 2.45) is 0 Å². The van der Waals surface area contributed by atoms with Gasteiger partial charge in [-0.1, -0.05) is 36.6 Å². The number of hydrogen-bond donors (Lipinski definition) is 0. The summed E-state index contributed by atoms with van der Waals surface area (Å²) >= 11 is 6.38. The van der Waals surface area contributed by atoms with E-state index in [2.05, 4.69) is 41.1 Å². The summed E-state index contributed by atoms with van der Waals surface area (Å²) < 4.78 is 0. The summed E-state index contributed by atoms with van der Waals surface area (Å²) in [6.07, 6.45) is 5.33. The molecule has 1 aliphatic rings. The molecule has 0 radical (unpaired) electrons. The maximum absolute atomic E-state index is 6.38. The molecule has 0 saturated carbocycles. The van der Waals surface area contributed by atoms with Crippen molar-refractivity contribution in [3.8, 4) is 0 Å². The number of likely N-dealkylation sites (tertiary alicyclic amines) is 1. The van der Waals surface area contributed by atoms with Crippen LogP contribution in [0.15, 0.2) is 24.3 Å². The van der Waals surface area contributed by atoms with Crippen LogP contribution in [0.3, 0.4) is 0 Å². The minimum Gasteiger partial charge on any atom is -0.299 e. The molecule has 0 unspecified atom stereocenters. The van der Waals surface area contributed by atoms with Gasteiger partial charge < -0.3 is 0 Å². The van der Waals surface area contributed by atoms with Crippen LogP contribution in [0.25, 0.3) is 10.9 Å². The Morgan fingerprint density at radius 3 is 2.60 bits per heavy atom. The standard InChI is InChI=1S/C17H21ClN2/c1-13-6-7-14-11-15(17(18)19-16(14)10-13)12-20-8-4-2-3-5-9-20/h6-7,10-11H,2-5,8-9,12H2,1H3. The lowest BCUT2D eigenvalue weighted by molar-refractivity contribution is 0.277. The predicted octanol–water partition coefficient (Wildman–Crippen LogP) is 4.57. The van der Waals surface area contributed by atoms with Gasteiger partial charge in [-0.2, -0.15) is 0 Å². The highest BCUT2D eigenvalue weighted by molar-refractivity contribution is 6.30. The summed E-state index contributed by atoms with van der Waals surface area (Å²) in [5.74, 6) is 0. The Bertz CT molecular complexity index is 601. The Morgan fingerprint density at radius 2 is 1.85 bits per heavy atom. The number of aryl methyl sites for hydroxylation is 1. The minimum atomic E-state index is 0.660. The van der Waals surface area contributed by atoms with Gasteiger partial charge in [0.2, 0.25) is 0 Å². The molecule has 20 heavy (non-hydrogen) atoms. The van der Waals surface area contributed by atoms with Gasteiger partial charge in [0.1, 0.15) is 5.15 Å². The number of nitrogens with zero attached hydrogens (tertiary/aromatic N) is 2. The molecule has 106 valence electrons. The quantitative estimate of drug-likeness (QED) is 0.752. The molecule has 1 aliphatic heterocycles. The highest BCUT2D eigenvalue weighted by Gasteiger charge is 2.12. The first-order valence-electron chi connectivity index (χ1n) is 7.50. The normalized spacial score (nSPS) is 17.3. The Kier molecular flexibility index (Phi) is 4.23. The van der Waals surface area contributed by atoms with E-state index in [9.17, 15) is 0 Å². The molecule has 2 aromatic rings. The van der Waals surface area contributed by atoms with Crippen LogP contribution in [-0.4, -0.2) is 23.0 Å². The van der Waals surface area contributed by atoms with Crippen LogP contribution in [0.1, 0.15) is 36.8 Å². The molecule has 0 bridgehead atoms. The first-order chi connectivity index (χ1) is 9.72. The van der Waals surface area contributed by atoms with E-state index in [1.165, 1.54) is 49.7 Å². The van der Waals surface area contributed by atoms with Gasteiger partial charge in [0.15, 0.2) is 0 Å². The second-order valence-corrected chi connectivity index (χ2v) is 6.18. The second kappa shape index (κ2) is 6.11. The molecule has 1 fully saturated rings. The lowest BCUT2D eigenvalue weighted by Gasteiger charge is -2.20. The number of rotatable bonds is 2. The van der Waals surface area contributed by atoms with Crippen LogP contribution in [0.4, 0.5) is 0 Å². The highest BCUT2D eigenvalue weighted by Crippen LogP contribution is 2.23. The number of halogens is 1. The Balaban J connectivity index is 1.87. The maximum Gasteiger partial charge on any atom is 0.134 e. The third-order valence-corrected chi connectivity index (χ3v) is 4.42. The molecule has 1 aromatic heterocycles. The van der Waals surface area contributed by atoms with Crippen LogP contribution in [0, 0.1) is 6.92 Å². The van der Waals surface area contributed by atoms with Gasteiger partial charge in [-0.15, -0.1) is 0 Å². The van der Waals surface area contributed by atoms with E-state index in [0.717, 1.165) is 17.6 Å². The summed E-state index contributed by atoms with van der Waals surface area (Å²) in [6.45, 7) is 5.38. The topological polar surface area (TPSA) is 16.1 Å². The number of benzene rings is 1. The van der Waals surface area contributed by atoms with Crippen molar-refractivity contribution in [3.63, 3.8) is 0 Å². The van der Waals surface area contributed by atoms with Crippen molar-refractivity contribution in [1.82, 2.24) is 9.88 Å². The summed E-state index contributed by atoms with van der Waals surface area (Å²) in [5.41, 5.74) is 3.38. The van der Waals surface area contributed by atoms with Crippen molar-refractivity contribution >= 4 is 22.5 Å². The van der Waals surface area contributed by atoms with E-state index in [1.54, 1.807) is 0 Å². The van der Waals surface area contributed by atoms with Gasteiger partial charge in [-0.3, -0.25) is 4.90 Å². The summed E-state index contributed by atoms with van der Waals surface area (Å²) in [7, 11) is 0. The molecule has 0 N–H and O–H groups in total. The van der Waals surface area contributed by atoms with Crippen LogP contribution in [0.5, 0.6) is 0 Å². The van der Waals surface area contributed by atoms with E-state index in [1.807, 2.05) is 0 Å². The molecular weight excluding hydrogens is 268 g/mol. The van der Waals surface area contributed by atoms with Gasteiger partial charge in [0.25, 0.3) is 0 Å². The van der Waals surface area contributed by atoms with Crippen LogP contribution in [-0.2, 0) is 6.54 Å². The first kappa shape index (κ1) is 13.8. The molecule has 3 heteroatoms. The average molecular weight is 289 g/mol. The zero-order chi connectivity index (χ0) is 13.9. The maximum atomic E-state index is 6.38. The van der Waals surface area contributed by atoms with Crippen molar-refractivity contribution in [1.29, 1.82) is 0 Å². The molecule has 1 saturated heterocycles.